The van der Waals surface area contributed by atoms with Crippen LogP contribution in [0.25, 0.3) is 0 Å². The molecule has 0 radical (unpaired) electrons. The third-order valence-electron chi connectivity index (χ3n) is 6.37. The summed E-state index contributed by atoms with van der Waals surface area (Å²) in [6.45, 7) is 15.3. The number of ether oxygens (including phenoxy) is 1. The van der Waals surface area contributed by atoms with Gasteiger partial charge in [0.1, 0.15) is 17.7 Å². The van der Waals surface area contributed by atoms with Gasteiger partial charge in [-0.1, -0.05) is 82.1 Å². The van der Waals surface area contributed by atoms with E-state index in [0.717, 1.165) is 24.0 Å². The summed E-state index contributed by atoms with van der Waals surface area (Å²) in [7, 11) is 0. The smallest absolute Gasteiger partial charge is 0.408 e. The Balaban J connectivity index is 2.56. The van der Waals surface area contributed by atoms with Crippen LogP contribution in [0.5, 0.6) is 0 Å². The minimum absolute atomic E-state index is 0.244. The Kier molecular flexibility index (Phi) is 11.8. The molecule has 2 N–H and O–H groups in total. The number of para-hydroxylation sites is 1. The number of nitrogens with zero attached hydrogens (tertiary/aromatic N) is 1. The fourth-order valence-electron chi connectivity index (χ4n) is 4.21. The molecule has 0 aliphatic carbocycles. The van der Waals surface area contributed by atoms with E-state index < -0.39 is 23.8 Å². The topological polar surface area (TPSA) is 87.7 Å². The lowest BCUT2D eigenvalue weighted by Gasteiger charge is -2.35. The van der Waals surface area contributed by atoms with Gasteiger partial charge in [0.2, 0.25) is 5.91 Å². The lowest BCUT2D eigenvalue weighted by atomic mass is 9.97. The van der Waals surface area contributed by atoms with E-state index in [9.17, 15) is 14.4 Å². The SMILES string of the molecule is CCCCN(C(=O)C(NC(=O)OC(C)(C)C)C(C)C)C(C(=O)Nc1c(C)cccc1Cl)c1ccc(CC)cc1. The summed E-state index contributed by atoms with van der Waals surface area (Å²) >= 11 is 6.43. The van der Waals surface area contributed by atoms with Crippen LogP contribution in [0.1, 0.15) is 84.0 Å². The number of hydrogen-bond acceptors (Lipinski definition) is 4. The number of carbonyl (C=O) groups is 3. The highest BCUT2D eigenvalue weighted by Crippen LogP contribution is 2.30. The number of rotatable bonds is 11. The van der Waals surface area contributed by atoms with E-state index in [1.165, 1.54) is 0 Å². The summed E-state index contributed by atoms with van der Waals surface area (Å²) in [4.78, 5) is 42.4. The van der Waals surface area contributed by atoms with Gasteiger partial charge >= 0.3 is 6.09 Å². The van der Waals surface area contributed by atoms with Gasteiger partial charge in [-0.25, -0.2) is 4.79 Å². The maximum atomic E-state index is 14.2. The molecular weight excluding hydrogens is 514 g/mol. The zero-order valence-electron chi connectivity index (χ0n) is 24.6. The number of nitrogens with one attached hydrogen (secondary N) is 2. The number of unbranched alkanes of at least 4 members (excludes halogenated alkanes) is 1. The highest BCUT2D eigenvalue weighted by Gasteiger charge is 2.37. The molecule has 2 unspecified atom stereocenters. The van der Waals surface area contributed by atoms with Crippen molar-refractivity contribution in [1.29, 1.82) is 0 Å². The van der Waals surface area contributed by atoms with Crippen molar-refractivity contribution >= 4 is 35.2 Å². The number of halogens is 1. The lowest BCUT2D eigenvalue weighted by molar-refractivity contribution is -0.141. The van der Waals surface area contributed by atoms with Crippen molar-refractivity contribution < 1.29 is 19.1 Å². The molecule has 0 heterocycles. The third-order valence-corrected chi connectivity index (χ3v) is 6.69. The predicted molar refractivity (Wildman–Crippen MR) is 158 cm³/mol. The monoisotopic (exact) mass is 557 g/mol. The maximum absolute atomic E-state index is 14.2. The number of amides is 3. The van der Waals surface area contributed by atoms with Gasteiger partial charge in [-0.15, -0.1) is 0 Å². The summed E-state index contributed by atoms with van der Waals surface area (Å²) in [6.07, 6.45) is 1.68. The number of anilines is 1. The molecule has 2 rings (SSSR count). The van der Waals surface area contributed by atoms with Gasteiger partial charge in [0.05, 0.1) is 10.7 Å². The molecule has 39 heavy (non-hydrogen) atoms. The Bertz CT molecular complexity index is 1110. The number of aryl methyl sites for hydroxylation is 2. The quantitative estimate of drug-likeness (QED) is 0.309. The van der Waals surface area contributed by atoms with Crippen LogP contribution in [0, 0.1) is 12.8 Å². The average Bonchev–Trinajstić information content (AvgIpc) is 2.85. The van der Waals surface area contributed by atoms with Crippen LogP contribution >= 0.6 is 11.6 Å². The van der Waals surface area contributed by atoms with E-state index in [2.05, 4.69) is 17.6 Å². The Hall–Kier alpha value is -3.06. The van der Waals surface area contributed by atoms with E-state index in [1.807, 2.05) is 64.1 Å². The largest absolute Gasteiger partial charge is 0.444 e. The Morgan fingerprint density at radius 2 is 1.67 bits per heavy atom. The molecule has 2 atom stereocenters. The molecule has 0 bridgehead atoms. The third kappa shape index (κ3) is 9.27. The van der Waals surface area contributed by atoms with E-state index >= 15 is 0 Å². The standard InChI is InChI=1S/C31H44ClN3O4/c1-9-11-19-35(29(37)25(20(3)4)34-30(38)39-31(6,7)8)27(23-17-15-22(10-2)16-18-23)28(36)33-26-21(5)13-12-14-24(26)32/h12-18,20,25,27H,9-11,19H2,1-8H3,(H,33,36)(H,34,38). The van der Waals surface area contributed by atoms with Crippen molar-refractivity contribution in [3.05, 3.63) is 64.2 Å². The van der Waals surface area contributed by atoms with Crippen LogP contribution in [-0.2, 0) is 20.7 Å². The highest BCUT2D eigenvalue weighted by atomic mass is 35.5. The molecular formula is C31H44ClN3O4. The molecule has 0 saturated carbocycles. The number of benzene rings is 2. The van der Waals surface area contributed by atoms with Gasteiger partial charge in [-0.05, 0) is 69.2 Å². The fourth-order valence-corrected chi connectivity index (χ4v) is 4.48. The maximum Gasteiger partial charge on any atom is 0.408 e. The summed E-state index contributed by atoms with van der Waals surface area (Å²) in [5, 5.41) is 6.15. The summed E-state index contributed by atoms with van der Waals surface area (Å²) in [5.41, 5.74) is 2.41. The first-order valence-corrected chi connectivity index (χ1v) is 14.1. The molecule has 214 valence electrons. The normalized spacial score (nSPS) is 13.0. The minimum Gasteiger partial charge on any atom is -0.444 e. The molecule has 0 aliphatic heterocycles. The Morgan fingerprint density at radius 1 is 1.03 bits per heavy atom. The summed E-state index contributed by atoms with van der Waals surface area (Å²) in [5.74, 6) is -0.967. The van der Waals surface area contributed by atoms with Crippen LogP contribution in [-0.4, -0.2) is 41.0 Å². The molecule has 8 heteroatoms. The van der Waals surface area contributed by atoms with Gasteiger partial charge in [0, 0.05) is 6.54 Å². The van der Waals surface area contributed by atoms with Crippen molar-refractivity contribution in [2.75, 3.05) is 11.9 Å². The van der Waals surface area contributed by atoms with Gasteiger partial charge in [-0.3, -0.25) is 9.59 Å². The van der Waals surface area contributed by atoms with Crippen LogP contribution in [0.2, 0.25) is 5.02 Å². The van der Waals surface area contributed by atoms with Gasteiger partial charge in [-0.2, -0.15) is 0 Å². The first kappa shape index (κ1) is 32.2. The van der Waals surface area contributed by atoms with E-state index in [1.54, 1.807) is 31.7 Å². The van der Waals surface area contributed by atoms with Gasteiger partial charge < -0.3 is 20.3 Å². The van der Waals surface area contributed by atoms with Crippen LogP contribution in [0.15, 0.2) is 42.5 Å². The van der Waals surface area contributed by atoms with Gasteiger partial charge in [0.15, 0.2) is 0 Å². The Labute approximate surface area is 238 Å². The Morgan fingerprint density at radius 3 is 2.18 bits per heavy atom. The first-order valence-electron chi connectivity index (χ1n) is 13.7. The molecule has 2 aromatic carbocycles. The summed E-state index contributed by atoms with van der Waals surface area (Å²) < 4.78 is 5.44. The molecule has 0 fully saturated rings. The molecule has 0 saturated heterocycles. The zero-order valence-corrected chi connectivity index (χ0v) is 25.3. The van der Waals surface area contributed by atoms with Crippen LogP contribution in [0.4, 0.5) is 10.5 Å². The molecule has 2 aromatic rings. The minimum atomic E-state index is -0.938. The van der Waals surface area contributed by atoms with E-state index in [-0.39, 0.29) is 17.7 Å². The molecule has 3 amide bonds. The van der Waals surface area contributed by atoms with Crippen molar-refractivity contribution in [1.82, 2.24) is 10.2 Å². The van der Waals surface area contributed by atoms with Crippen molar-refractivity contribution in [3.63, 3.8) is 0 Å². The van der Waals surface area contributed by atoms with Crippen molar-refractivity contribution in [3.8, 4) is 0 Å². The van der Waals surface area contributed by atoms with Gasteiger partial charge in [0.25, 0.3) is 5.91 Å². The summed E-state index contributed by atoms with van der Waals surface area (Å²) in [6, 6.07) is 11.3. The number of carbonyl (C=O) groups excluding carboxylic acids is 3. The fraction of sp³-hybridized carbons (Fsp3) is 0.516. The number of hydrogen-bond donors (Lipinski definition) is 2. The van der Waals surface area contributed by atoms with E-state index in [0.29, 0.717) is 29.2 Å². The second-order valence-corrected chi connectivity index (χ2v) is 11.6. The molecule has 7 nitrogen and oxygen atoms in total. The second-order valence-electron chi connectivity index (χ2n) is 11.2. The van der Waals surface area contributed by atoms with E-state index in [4.69, 9.17) is 16.3 Å². The number of alkyl carbamates (subject to hydrolysis) is 1. The highest BCUT2D eigenvalue weighted by molar-refractivity contribution is 6.34. The zero-order chi connectivity index (χ0) is 29.3. The average molecular weight is 558 g/mol. The van der Waals surface area contributed by atoms with Crippen LogP contribution in [0.3, 0.4) is 0 Å². The lowest BCUT2D eigenvalue weighted by Crippen LogP contribution is -2.54. The predicted octanol–water partition coefficient (Wildman–Crippen LogP) is 7.07. The first-order chi connectivity index (χ1) is 18.3. The van der Waals surface area contributed by atoms with Crippen molar-refractivity contribution in [2.24, 2.45) is 5.92 Å². The van der Waals surface area contributed by atoms with Crippen LogP contribution < -0.4 is 10.6 Å². The van der Waals surface area contributed by atoms with Crippen molar-refractivity contribution in [2.45, 2.75) is 92.3 Å². The molecule has 0 aliphatic rings. The second kappa shape index (κ2) is 14.4. The molecule has 0 spiro atoms. The molecule has 0 aromatic heterocycles.